The summed E-state index contributed by atoms with van der Waals surface area (Å²) in [5, 5.41) is 3.41. The third-order valence-electron chi connectivity index (χ3n) is 3.32. The lowest BCUT2D eigenvalue weighted by Gasteiger charge is -2.20. The largest absolute Gasteiger partial charge is 0.497 e. The minimum Gasteiger partial charge on any atom is -0.497 e. The Hall–Kier alpha value is -1.06. The van der Waals surface area contributed by atoms with Crippen LogP contribution in [0.15, 0.2) is 24.3 Å². The molecule has 1 aliphatic rings. The van der Waals surface area contributed by atoms with Crippen LogP contribution in [0.2, 0.25) is 0 Å². The van der Waals surface area contributed by atoms with E-state index in [1.807, 2.05) is 6.07 Å². The highest BCUT2D eigenvalue weighted by Gasteiger charge is 2.16. The van der Waals surface area contributed by atoms with Crippen LogP contribution in [-0.2, 0) is 6.54 Å². The standard InChI is InChI=1S/C14H22N2O/c1-16(11-13-6-7-15-9-13)10-12-4-3-5-14(8-12)17-2/h3-5,8,13,15H,6-7,9-11H2,1-2H3. The third kappa shape index (κ3) is 3.72. The number of ether oxygens (including phenoxy) is 1. The zero-order chi connectivity index (χ0) is 12.1. The Morgan fingerprint density at radius 1 is 1.47 bits per heavy atom. The van der Waals surface area contributed by atoms with Gasteiger partial charge >= 0.3 is 0 Å². The van der Waals surface area contributed by atoms with E-state index in [9.17, 15) is 0 Å². The van der Waals surface area contributed by atoms with Crippen LogP contribution in [0.3, 0.4) is 0 Å². The average Bonchev–Trinajstić information content (AvgIpc) is 2.82. The van der Waals surface area contributed by atoms with Crippen molar-refractivity contribution in [1.29, 1.82) is 0 Å². The lowest BCUT2D eigenvalue weighted by atomic mass is 10.1. The van der Waals surface area contributed by atoms with E-state index in [1.165, 1.54) is 31.6 Å². The van der Waals surface area contributed by atoms with Crippen LogP contribution in [0.4, 0.5) is 0 Å². The van der Waals surface area contributed by atoms with Crippen molar-refractivity contribution in [2.45, 2.75) is 13.0 Å². The van der Waals surface area contributed by atoms with Crippen molar-refractivity contribution in [3.8, 4) is 5.75 Å². The summed E-state index contributed by atoms with van der Waals surface area (Å²) in [6, 6.07) is 8.32. The smallest absolute Gasteiger partial charge is 0.119 e. The molecule has 1 aromatic carbocycles. The van der Waals surface area contributed by atoms with Crippen LogP contribution in [0.25, 0.3) is 0 Å². The fraction of sp³-hybridized carbons (Fsp3) is 0.571. The summed E-state index contributed by atoms with van der Waals surface area (Å²) >= 11 is 0. The van der Waals surface area contributed by atoms with Crippen molar-refractivity contribution >= 4 is 0 Å². The maximum atomic E-state index is 5.24. The number of benzene rings is 1. The van der Waals surface area contributed by atoms with Gasteiger partial charge in [0.15, 0.2) is 0 Å². The van der Waals surface area contributed by atoms with E-state index in [0.29, 0.717) is 0 Å². The summed E-state index contributed by atoms with van der Waals surface area (Å²) in [5.41, 5.74) is 1.32. The van der Waals surface area contributed by atoms with Crippen LogP contribution in [0.1, 0.15) is 12.0 Å². The van der Waals surface area contributed by atoms with Gasteiger partial charge in [0.05, 0.1) is 7.11 Å². The maximum absolute atomic E-state index is 5.24. The zero-order valence-corrected chi connectivity index (χ0v) is 10.8. The molecule has 0 saturated carbocycles. The molecule has 1 unspecified atom stereocenters. The first kappa shape index (κ1) is 12.4. The highest BCUT2D eigenvalue weighted by molar-refractivity contribution is 5.28. The van der Waals surface area contributed by atoms with Gasteiger partial charge < -0.3 is 15.0 Å². The summed E-state index contributed by atoms with van der Waals surface area (Å²) < 4.78 is 5.24. The molecule has 0 bridgehead atoms. The Bertz CT molecular complexity index is 348. The van der Waals surface area contributed by atoms with Gasteiger partial charge in [-0.1, -0.05) is 12.1 Å². The van der Waals surface area contributed by atoms with Crippen molar-refractivity contribution < 1.29 is 4.74 Å². The van der Waals surface area contributed by atoms with Crippen LogP contribution in [0, 0.1) is 5.92 Å². The molecule has 1 atom stereocenters. The van der Waals surface area contributed by atoms with Crippen molar-refractivity contribution in [2.24, 2.45) is 5.92 Å². The lowest BCUT2D eigenvalue weighted by Crippen LogP contribution is -2.26. The zero-order valence-electron chi connectivity index (χ0n) is 10.8. The van der Waals surface area contributed by atoms with Gasteiger partial charge in [-0.25, -0.2) is 0 Å². The summed E-state index contributed by atoms with van der Waals surface area (Å²) in [6.45, 7) is 4.51. The molecule has 17 heavy (non-hydrogen) atoms. The highest BCUT2D eigenvalue weighted by atomic mass is 16.5. The molecule has 94 valence electrons. The van der Waals surface area contributed by atoms with Gasteiger partial charge in [-0.2, -0.15) is 0 Å². The van der Waals surface area contributed by atoms with Gasteiger partial charge in [-0.3, -0.25) is 0 Å². The number of rotatable bonds is 5. The molecule has 2 rings (SSSR count). The van der Waals surface area contributed by atoms with Gasteiger partial charge in [0.1, 0.15) is 5.75 Å². The van der Waals surface area contributed by atoms with E-state index in [4.69, 9.17) is 4.74 Å². The molecule has 0 aliphatic carbocycles. The van der Waals surface area contributed by atoms with E-state index in [-0.39, 0.29) is 0 Å². The van der Waals surface area contributed by atoms with Crippen LogP contribution < -0.4 is 10.1 Å². The Morgan fingerprint density at radius 2 is 2.35 bits per heavy atom. The van der Waals surface area contributed by atoms with Crippen molar-refractivity contribution in [3.63, 3.8) is 0 Å². The maximum Gasteiger partial charge on any atom is 0.119 e. The van der Waals surface area contributed by atoms with Crippen molar-refractivity contribution in [3.05, 3.63) is 29.8 Å². The van der Waals surface area contributed by atoms with Gasteiger partial charge in [0.25, 0.3) is 0 Å². The summed E-state index contributed by atoms with van der Waals surface area (Å²) in [5.74, 6) is 1.75. The third-order valence-corrected chi connectivity index (χ3v) is 3.32. The topological polar surface area (TPSA) is 24.5 Å². The molecule has 0 spiro atoms. The Labute approximate surface area is 104 Å². The summed E-state index contributed by atoms with van der Waals surface area (Å²) in [4.78, 5) is 2.40. The minimum absolute atomic E-state index is 0.811. The van der Waals surface area contributed by atoms with E-state index < -0.39 is 0 Å². The first-order chi connectivity index (χ1) is 8.28. The van der Waals surface area contributed by atoms with Gasteiger partial charge in [-0.15, -0.1) is 0 Å². The van der Waals surface area contributed by atoms with E-state index >= 15 is 0 Å². The van der Waals surface area contributed by atoms with Crippen LogP contribution >= 0.6 is 0 Å². The molecular weight excluding hydrogens is 212 g/mol. The normalized spacial score (nSPS) is 19.8. The molecule has 0 aromatic heterocycles. The Balaban J connectivity index is 1.85. The van der Waals surface area contributed by atoms with E-state index in [2.05, 4.69) is 35.5 Å². The first-order valence-electron chi connectivity index (χ1n) is 6.30. The molecule has 0 radical (unpaired) electrons. The minimum atomic E-state index is 0.811. The number of nitrogens with one attached hydrogen (secondary N) is 1. The molecule has 3 heteroatoms. The number of hydrogen-bond donors (Lipinski definition) is 1. The SMILES string of the molecule is COc1cccc(CN(C)CC2CCNC2)c1. The molecule has 1 aromatic rings. The monoisotopic (exact) mass is 234 g/mol. The molecule has 0 amide bonds. The molecule has 1 heterocycles. The van der Waals surface area contributed by atoms with E-state index in [1.54, 1.807) is 7.11 Å². The molecule has 3 nitrogen and oxygen atoms in total. The predicted molar refractivity (Wildman–Crippen MR) is 70.3 cm³/mol. The van der Waals surface area contributed by atoms with Crippen molar-refractivity contribution in [2.75, 3.05) is 33.8 Å². The second kappa shape index (κ2) is 6.03. The molecule has 1 N–H and O–H groups in total. The van der Waals surface area contributed by atoms with Gasteiger partial charge in [0.2, 0.25) is 0 Å². The molecule has 1 fully saturated rings. The second-order valence-electron chi connectivity index (χ2n) is 4.91. The number of hydrogen-bond acceptors (Lipinski definition) is 3. The molecule has 1 aliphatic heterocycles. The average molecular weight is 234 g/mol. The van der Waals surface area contributed by atoms with Gasteiger partial charge in [0, 0.05) is 13.1 Å². The molecule has 1 saturated heterocycles. The van der Waals surface area contributed by atoms with E-state index in [0.717, 1.165) is 18.2 Å². The molecular formula is C14H22N2O. The second-order valence-corrected chi connectivity index (χ2v) is 4.91. The van der Waals surface area contributed by atoms with Gasteiger partial charge in [-0.05, 0) is 50.2 Å². The fourth-order valence-electron chi connectivity index (χ4n) is 2.46. The lowest BCUT2D eigenvalue weighted by molar-refractivity contribution is 0.278. The number of methoxy groups -OCH3 is 1. The quantitative estimate of drug-likeness (QED) is 0.840. The summed E-state index contributed by atoms with van der Waals surface area (Å²) in [7, 11) is 3.91. The highest BCUT2D eigenvalue weighted by Crippen LogP contribution is 2.15. The van der Waals surface area contributed by atoms with Crippen molar-refractivity contribution in [1.82, 2.24) is 10.2 Å². The Morgan fingerprint density at radius 3 is 3.06 bits per heavy atom. The first-order valence-corrected chi connectivity index (χ1v) is 6.30. The Kier molecular flexibility index (Phi) is 4.40. The predicted octanol–water partition coefficient (Wildman–Crippen LogP) is 1.74. The fourth-order valence-corrected chi connectivity index (χ4v) is 2.46. The summed E-state index contributed by atoms with van der Waals surface area (Å²) in [6.07, 6.45) is 1.31. The van der Waals surface area contributed by atoms with Crippen LogP contribution in [0.5, 0.6) is 5.75 Å². The number of nitrogens with zero attached hydrogens (tertiary/aromatic N) is 1. The van der Waals surface area contributed by atoms with Crippen LogP contribution in [-0.4, -0.2) is 38.7 Å².